The molecule has 0 fully saturated rings. The molecular formula is C19H16BrNO2. The van der Waals surface area contributed by atoms with Crippen LogP contribution in [0.3, 0.4) is 0 Å². The third-order valence-corrected chi connectivity index (χ3v) is 5.53. The monoisotopic (exact) mass is 369 g/mol. The van der Waals surface area contributed by atoms with Crippen LogP contribution >= 0.6 is 15.9 Å². The first kappa shape index (κ1) is 14.5. The Morgan fingerprint density at radius 2 is 1.91 bits per heavy atom. The normalized spacial score (nSPS) is 24.7. The lowest BCUT2D eigenvalue weighted by molar-refractivity contribution is 0.0694. The van der Waals surface area contributed by atoms with Crippen molar-refractivity contribution in [3.8, 4) is 0 Å². The molecule has 0 spiro atoms. The van der Waals surface area contributed by atoms with Gasteiger partial charge in [0.25, 0.3) is 0 Å². The fourth-order valence-corrected chi connectivity index (χ4v) is 4.35. The molecule has 1 heterocycles. The van der Waals surface area contributed by atoms with E-state index in [-0.39, 0.29) is 6.04 Å². The van der Waals surface area contributed by atoms with E-state index < -0.39 is 5.97 Å². The molecule has 0 amide bonds. The maximum Gasteiger partial charge on any atom is 0.336 e. The highest BCUT2D eigenvalue weighted by Crippen LogP contribution is 2.51. The Morgan fingerprint density at radius 3 is 2.74 bits per heavy atom. The molecule has 23 heavy (non-hydrogen) atoms. The zero-order valence-electron chi connectivity index (χ0n) is 12.4. The third-order valence-electron chi connectivity index (χ3n) is 4.87. The van der Waals surface area contributed by atoms with Gasteiger partial charge < -0.3 is 10.4 Å². The predicted octanol–water partition coefficient (Wildman–Crippen LogP) is 4.97. The summed E-state index contributed by atoms with van der Waals surface area (Å²) < 4.78 is 1.02. The lowest BCUT2D eigenvalue weighted by atomic mass is 9.76. The lowest BCUT2D eigenvalue weighted by Gasteiger charge is -2.38. The molecule has 1 aliphatic carbocycles. The van der Waals surface area contributed by atoms with E-state index in [0.29, 0.717) is 17.4 Å². The molecule has 2 aliphatic rings. The minimum atomic E-state index is -0.872. The van der Waals surface area contributed by atoms with Crippen molar-refractivity contribution in [2.75, 3.05) is 5.32 Å². The van der Waals surface area contributed by atoms with Gasteiger partial charge >= 0.3 is 5.97 Å². The predicted molar refractivity (Wildman–Crippen MR) is 93.9 cm³/mol. The second kappa shape index (κ2) is 5.53. The highest BCUT2D eigenvalue weighted by molar-refractivity contribution is 9.10. The molecule has 2 N–H and O–H groups in total. The Morgan fingerprint density at radius 1 is 1.13 bits per heavy atom. The number of para-hydroxylation sites is 1. The van der Waals surface area contributed by atoms with E-state index in [1.54, 1.807) is 12.1 Å². The SMILES string of the molecule is O=C(O)c1ccccc1[C@@H]1Nc2c(Br)cccc2[C@H]2C=CC[C@@H]21. The smallest absolute Gasteiger partial charge is 0.336 e. The first-order valence-corrected chi connectivity index (χ1v) is 8.50. The molecule has 1 aliphatic heterocycles. The minimum absolute atomic E-state index is 0.00602. The van der Waals surface area contributed by atoms with Crippen molar-refractivity contribution in [3.05, 3.63) is 75.8 Å². The summed E-state index contributed by atoms with van der Waals surface area (Å²) in [6, 6.07) is 13.5. The summed E-state index contributed by atoms with van der Waals surface area (Å²) in [5.74, 6) is -0.198. The number of fused-ring (bicyclic) bond motifs is 3. The fraction of sp³-hybridized carbons (Fsp3) is 0.211. The Bertz CT molecular complexity index is 815. The topological polar surface area (TPSA) is 49.3 Å². The second-order valence-electron chi connectivity index (χ2n) is 6.07. The van der Waals surface area contributed by atoms with Crippen molar-refractivity contribution in [2.24, 2.45) is 5.92 Å². The number of hydrogen-bond donors (Lipinski definition) is 2. The van der Waals surface area contributed by atoms with Crippen molar-refractivity contribution in [3.63, 3.8) is 0 Å². The quantitative estimate of drug-likeness (QED) is 0.734. The maximum atomic E-state index is 11.6. The van der Waals surface area contributed by atoms with Crippen LogP contribution in [-0.2, 0) is 0 Å². The number of benzene rings is 2. The molecule has 3 nitrogen and oxygen atoms in total. The maximum absolute atomic E-state index is 11.6. The molecule has 4 rings (SSSR count). The van der Waals surface area contributed by atoms with Crippen LogP contribution in [0.2, 0.25) is 0 Å². The van der Waals surface area contributed by atoms with E-state index in [1.807, 2.05) is 18.2 Å². The molecule has 2 aromatic rings. The van der Waals surface area contributed by atoms with Crippen LogP contribution in [0, 0.1) is 5.92 Å². The number of carboxylic acids is 1. The number of halogens is 1. The number of carboxylic acid groups (broad SMARTS) is 1. The van der Waals surface area contributed by atoms with Gasteiger partial charge in [-0.05, 0) is 51.5 Å². The van der Waals surface area contributed by atoms with Crippen molar-refractivity contribution in [1.82, 2.24) is 0 Å². The largest absolute Gasteiger partial charge is 0.478 e. The van der Waals surface area contributed by atoms with Crippen LogP contribution in [0.4, 0.5) is 5.69 Å². The van der Waals surface area contributed by atoms with Crippen LogP contribution in [0.15, 0.2) is 59.1 Å². The molecule has 0 saturated carbocycles. The third kappa shape index (κ3) is 2.29. The van der Waals surface area contributed by atoms with Gasteiger partial charge in [0, 0.05) is 10.4 Å². The van der Waals surface area contributed by atoms with Gasteiger partial charge in [0.2, 0.25) is 0 Å². The van der Waals surface area contributed by atoms with Gasteiger partial charge in [0.05, 0.1) is 17.3 Å². The summed E-state index contributed by atoms with van der Waals surface area (Å²) >= 11 is 3.62. The van der Waals surface area contributed by atoms with Crippen LogP contribution < -0.4 is 5.32 Å². The Balaban J connectivity index is 1.86. The Labute approximate surface area is 143 Å². The minimum Gasteiger partial charge on any atom is -0.478 e. The number of aromatic carboxylic acids is 1. The van der Waals surface area contributed by atoms with Crippen LogP contribution in [-0.4, -0.2) is 11.1 Å². The molecule has 0 radical (unpaired) electrons. The van der Waals surface area contributed by atoms with Gasteiger partial charge in [-0.2, -0.15) is 0 Å². The van der Waals surface area contributed by atoms with Gasteiger partial charge in [0.1, 0.15) is 0 Å². The van der Waals surface area contributed by atoms with Gasteiger partial charge in [-0.25, -0.2) is 4.79 Å². The molecule has 116 valence electrons. The number of carbonyl (C=O) groups is 1. The molecule has 0 aromatic heterocycles. The molecular weight excluding hydrogens is 354 g/mol. The Kier molecular flexibility index (Phi) is 3.49. The molecule has 2 aromatic carbocycles. The first-order chi connectivity index (χ1) is 11.2. The lowest BCUT2D eigenvalue weighted by Crippen LogP contribution is -2.30. The van der Waals surface area contributed by atoms with Crippen molar-refractivity contribution >= 4 is 27.6 Å². The average Bonchev–Trinajstić information content (AvgIpc) is 3.04. The summed E-state index contributed by atoms with van der Waals surface area (Å²) in [7, 11) is 0. The number of anilines is 1. The summed E-state index contributed by atoms with van der Waals surface area (Å²) in [5.41, 5.74) is 3.60. The van der Waals surface area contributed by atoms with E-state index in [2.05, 4.69) is 45.5 Å². The van der Waals surface area contributed by atoms with E-state index in [0.717, 1.165) is 22.1 Å². The van der Waals surface area contributed by atoms with Crippen LogP contribution in [0.5, 0.6) is 0 Å². The standard InChI is InChI=1S/C19H16BrNO2/c20-16-10-4-9-13-11-7-3-8-12(11)17(21-18(13)16)14-5-1-2-6-15(14)19(22)23/h1-7,9-12,17,21H,8H2,(H,22,23)/t11-,12-,17+/m0/s1. The highest BCUT2D eigenvalue weighted by Gasteiger charge is 2.39. The molecule has 0 unspecified atom stereocenters. The van der Waals surface area contributed by atoms with Crippen molar-refractivity contribution in [2.45, 2.75) is 18.4 Å². The number of allylic oxidation sites excluding steroid dienone is 2. The summed E-state index contributed by atoms with van der Waals surface area (Å²) in [4.78, 5) is 11.6. The highest BCUT2D eigenvalue weighted by atomic mass is 79.9. The van der Waals surface area contributed by atoms with E-state index in [4.69, 9.17) is 0 Å². The van der Waals surface area contributed by atoms with E-state index >= 15 is 0 Å². The number of nitrogens with one attached hydrogen (secondary N) is 1. The molecule has 0 bridgehead atoms. The number of hydrogen-bond acceptors (Lipinski definition) is 2. The summed E-state index contributed by atoms with van der Waals surface area (Å²) in [6.45, 7) is 0. The zero-order valence-corrected chi connectivity index (χ0v) is 14.0. The van der Waals surface area contributed by atoms with Crippen LogP contribution in [0.25, 0.3) is 0 Å². The van der Waals surface area contributed by atoms with E-state index in [9.17, 15) is 9.90 Å². The van der Waals surface area contributed by atoms with Gasteiger partial charge in [-0.1, -0.05) is 42.5 Å². The molecule has 4 heteroatoms. The van der Waals surface area contributed by atoms with Gasteiger partial charge in [0.15, 0.2) is 0 Å². The van der Waals surface area contributed by atoms with Crippen molar-refractivity contribution < 1.29 is 9.90 Å². The fourth-order valence-electron chi connectivity index (χ4n) is 3.85. The second-order valence-corrected chi connectivity index (χ2v) is 6.93. The first-order valence-electron chi connectivity index (χ1n) is 7.70. The average molecular weight is 370 g/mol. The molecule has 0 saturated heterocycles. The van der Waals surface area contributed by atoms with Gasteiger partial charge in [-0.15, -0.1) is 0 Å². The zero-order chi connectivity index (χ0) is 16.0. The van der Waals surface area contributed by atoms with Crippen molar-refractivity contribution in [1.29, 1.82) is 0 Å². The summed E-state index contributed by atoms with van der Waals surface area (Å²) in [5, 5.41) is 13.1. The Hall–Kier alpha value is -2.07. The van der Waals surface area contributed by atoms with Crippen LogP contribution in [0.1, 0.15) is 39.9 Å². The molecule has 3 atom stereocenters. The van der Waals surface area contributed by atoms with E-state index in [1.165, 1.54) is 5.56 Å². The number of rotatable bonds is 2. The summed E-state index contributed by atoms with van der Waals surface area (Å²) in [6.07, 6.45) is 5.43. The van der Waals surface area contributed by atoms with Gasteiger partial charge in [-0.3, -0.25) is 0 Å².